The second kappa shape index (κ2) is 6.81. The van der Waals surface area contributed by atoms with E-state index in [2.05, 4.69) is 14.7 Å². The Morgan fingerprint density at radius 2 is 2.14 bits per heavy atom. The zero-order chi connectivity index (χ0) is 20.8. The van der Waals surface area contributed by atoms with Gasteiger partial charge in [-0.25, -0.2) is 23.2 Å². The number of hydrogen-bond acceptors (Lipinski definition) is 8. The smallest absolute Gasteiger partial charge is 0.341 e. The lowest BCUT2D eigenvalue weighted by molar-refractivity contribution is 0.0694. The van der Waals surface area contributed by atoms with E-state index in [1.807, 2.05) is 0 Å². The molecule has 3 aromatic heterocycles. The Morgan fingerprint density at radius 1 is 1.38 bits per heavy atom. The third-order valence-corrected chi connectivity index (χ3v) is 7.77. The van der Waals surface area contributed by atoms with Crippen molar-refractivity contribution in [3.05, 3.63) is 45.8 Å². The Morgan fingerprint density at radius 3 is 2.76 bits per heavy atom. The predicted molar refractivity (Wildman–Crippen MR) is 106 cm³/mol. The van der Waals surface area contributed by atoms with Gasteiger partial charge in [-0.3, -0.25) is 9.52 Å². The molecule has 0 aromatic carbocycles. The Balaban J connectivity index is 1.64. The summed E-state index contributed by atoms with van der Waals surface area (Å²) in [4.78, 5) is 31.6. The maximum atomic E-state index is 12.7. The van der Waals surface area contributed by atoms with Crippen molar-refractivity contribution in [2.75, 3.05) is 11.3 Å². The number of aromatic nitrogens is 3. The molecule has 3 heterocycles. The van der Waals surface area contributed by atoms with E-state index in [0.717, 1.165) is 4.57 Å². The maximum absolute atomic E-state index is 12.7. The first-order valence-corrected chi connectivity index (χ1v) is 10.9. The number of anilines is 1. The predicted octanol–water partition coefficient (Wildman–Crippen LogP) is 1.44. The first-order chi connectivity index (χ1) is 13.7. The summed E-state index contributed by atoms with van der Waals surface area (Å²) < 4.78 is 33.7. The van der Waals surface area contributed by atoms with Crippen molar-refractivity contribution in [3.63, 3.8) is 0 Å². The molecule has 1 aliphatic rings. The summed E-state index contributed by atoms with van der Waals surface area (Å²) in [6.45, 7) is -0.158. The van der Waals surface area contributed by atoms with Crippen molar-refractivity contribution in [3.8, 4) is 5.88 Å². The Hall–Kier alpha value is -2.99. The van der Waals surface area contributed by atoms with Gasteiger partial charge >= 0.3 is 5.97 Å². The highest BCUT2D eigenvalue weighted by Crippen LogP contribution is 2.44. The van der Waals surface area contributed by atoms with Crippen LogP contribution in [0.15, 0.2) is 34.7 Å². The quantitative estimate of drug-likeness (QED) is 0.567. The third kappa shape index (κ3) is 3.34. The van der Waals surface area contributed by atoms with Crippen LogP contribution in [0, 0.1) is 0 Å². The van der Waals surface area contributed by atoms with Crippen LogP contribution in [0.25, 0.3) is 10.9 Å². The van der Waals surface area contributed by atoms with Gasteiger partial charge in [0.05, 0.1) is 0 Å². The molecule has 10 nitrogen and oxygen atoms in total. The first-order valence-electron chi connectivity index (χ1n) is 8.51. The highest BCUT2D eigenvalue weighted by Gasteiger charge is 2.56. The minimum atomic E-state index is -3.73. The molecule has 12 heteroatoms. The molecule has 0 saturated heterocycles. The number of rotatable bonds is 7. The first kappa shape index (κ1) is 19.3. The number of aryl methyl sites for hydroxylation is 1. The summed E-state index contributed by atoms with van der Waals surface area (Å²) in [6.07, 6.45) is 3.75. The van der Waals surface area contributed by atoms with E-state index in [1.165, 1.54) is 36.8 Å². The zero-order valence-electron chi connectivity index (χ0n) is 15.2. The van der Waals surface area contributed by atoms with Crippen LogP contribution in [0.4, 0.5) is 5.13 Å². The van der Waals surface area contributed by atoms with Crippen LogP contribution in [-0.4, -0.2) is 45.4 Å². The van der Waals surface area contributed by atoms with E-state index in [0.29, 0.717) is 23.7 Å². The molecule has 0 aliphatic heterocycles. The highest BCUT2D eigenvalue weighted by molar-refractivity contribution is 7.94. The Labute approximate surface area is 168 Å². The second-order valence-corrected chi connectivity index (χ2v) is 9.67. The third-order valence-electron chi connectivity index (χ3n) is 4.83. The molecule has 1 saturated carbocycles. The summed E-state index contributed by atoms with van der Waals surface area (Å²) in [7, 11) is -2.32. The van der Waals surface area contributed by atoms with Crippen LogP contribution in [0.2, 0.25) is 0 Å². The molecule has 0 bridgehead atoms. The van der Waals surface area contributed by atoms with Crippen LogP contribution >= 0.6 is 11.3 Å². The zero-order valence-corrected chi connectivity index (χ0v) is 16.8. The Kier molecular flexibility index (Phi) is 4.54. The molecule has 0 amide bonds. The average Bonchev–Trinajstić information content (AvgIpc) is 3.32. The number of carboxylic acid groups (broad SMARTS) is 1. The summed E-state index contributed by atoms with van der Waals surface area (Å²) in [5.74, 6) is -1.27. The molecule has 0 radical (unpaired) electrons. The van der Waals surface area contributed by atoms with Crippen LogP contribution in [0.5, 0.6) is 5.88 Å². The number of carboxylic acids is 1. The summed E-state index contributed by atoms with van der Waals surface area (Å²) in [5, 5.41) is 11.6. The van der Waals surface area contributed by atoms with E-state index in [4.69, 9.17) is 4.74 Å². The van der Waals surface area contributed by atoms with Gasteiger partial charge in [-0.15, -0.1) is 11.3 Å². The molecular formula is C17H16N4O6S2. The van der Waals surface area contributed by atoms with Crippen molar-refractivity contribution >= 4 is 43.4 Å². The number of nitrogens with zero attached hydrogens (tertiary/aromatic N) is 3. The molecule has 152 valence electrons. The topological polar surface area (TPSA) is 140 Å². The van der Waals surface area contributed by atoms with Crippen molar-refractivity contribution in [2.45, 2.75) is 17.6 Å². The Bertz CT molecular complexity index is 1260. The minimum absolute atomic E-state index is 0.0646. The standard InChI is InChI=1S/C17H16N4O6S2/c1-21-12-10(8-11(14(21)22)15(23)24)2-5-18-13(12)27-9-17(3-4-17)29(25,26)20-16-19-6-7-28-16/h2,5-8H,3-4,9H2,1H3,(H,19,20)(H,23,24). The molecular weight excluding hydrogens is 420 g/mol. The van der Waals surface area contributed by atoms with Gasteiger partial charge in [0.15, 0.2) is 5.13 Å². The number of aromatic carboxylic acids is 1. The number of pyridine rings is 2. The van der Waals surface area contributed by atoms with Crippen molar-refractivity contribution in [1.29, 1.82) is 0 Å². The molecule has 1 aliphatic carbocycles. The largest absolute Gasteiger partial charge is 0.477 e. The highest BCUT2D eigenvalue weighted by atomic mass is 32.2. The monoisotopic (exact) mass is 436 g/mol. The van der Waals surface area contributed by atoms with Gasteiger partial charge in [-0.05, 0) is 25.0 Å². The molecule has 29 heavy (non-hydrogen) atoms. The van der Waals surface area contributed by atoms with E-state index in [9.17, 15) is 23.1 Å². The van der Waals surface area contributed by atoms with Gasteiger partial charge in [-0.1, -0.05) is 0 Å². The average molecular weight is 436 g/mol. The molecule has 0 spiro atoms. The van der Waals surface area contributed by atoms with E-state index >= 15 is 0 Å². The SMILES string of the molecule is Cn1c(=O)c(C(=O)O)cc2ccnc(OCC3(S(=O)(=O)Nc4nccs4)CC3)c21. The molecule has 2 N–H and O–H groups in total. The lowest BCUT2D eigenvalue weighted by atomic mass is 10.2. The van der Waals surface area contributed by atoms with Crippen LogP contribution in [0.3, 0.4) is 0 Å². The lowest BCUT2D eigenvalue weighted by Crippen LogP contribution is -2.35. The normalized spacial score (nSPS) is 15.2. The van der Waals surface area contributed by atoms with Crippen LogP contribution < -0.4 is 15.0 Å². The van der Waals surface area contributed by atoms with Gasteiger partial charge < -0.3 is 14.4 Å². The molecule has 4 rings (SSSR count). The van der Waals surface area contributed by atoms with Crippen LogP contribution in [-0.2, 0) is 17.1 Å². The van der Waals surface area contributed by atoms with Gasteiger partial charge in [0.2, 0.25) is 15.9 Å². The number of sulfonamides is 1. The summed E-state index contributed by atoms with van der Waals surface area (Å²) >= 11 is 1.18. The van der Waals surface area contributed by atoms with Gasteiger partial charge in [0, 0.05) is 30.2 Å². The molecule has 1 fully saturated rings. The van der Waals surface area contributed by atoms with E-state index in [-0.39, 0.29) is 23.2 Å². The van der Waals surface area contributed by atoms with Gasteiger partial charge in [-0.2, -0.15) is 0 Å². The van der Waals surface area contributed by atoms with Crippen LogP contribution in [0.1, 0.15) is 23.2 Å². The minimum Gasteiger partial charge on any atom is -0.477 e. The molecule has 3 aromatic rings. The fraction of sp³-hybridized carbons (Fsp3) is 0.294. The fourth-order valence-corrected chi connectivity index (χ4v) is 5.23. The number of ether oxygens (including phenoxy) is 1. The molecule has 0 unspecified atom stereocenters. The van der Waals surface area contributed by atoms with Crippen molar-refractivity contribution in [2.24, 2.45) is 7.05 Å². The number of nitrogens with one attached hydrogen (secondary N) is 1. The second-order valence-electron chi connectivity index (χ2n) is 6.70. The molecule has 0 atom stereocenters. The number of carbonyl (C=O) groups is 1. The number of hydrogen-bond donors (Lipinski definition) is 2. The lowest BCUT2D eigenvalue weighted by Gasteiger charge is -2.18. The van der Waals surface area contributed by atoms with Crippen molar-refractivity contribution < 1.29 is 23.1 Å². The maximum Gasteiger partial charge on any atom is 0.341 e. The summed E-state index contributed by atoms with van der Waals surface area (Å²) in [6, 6.07) is 2.81. The summed E-state index contributed by atoms with van der Waals surface area (Å²) in [5.41, 5.74) is -0.781. The van der Waals surface area contributed by atoms with E-state index in [1.54, 1.807) is 11.4 Å². The fourth-order valence-electron chi connectivity index (χ4n) is 2.99. The van der Waals surface area contributed by atoms with Crippen molar-refractivity contribution in [1.82, 2.24) is 14.5 Å². The van der Waals surface area contributed by atoms with Gasteiger partial charge in [0.25, 0.3) is 5.56 Å². The van der Waals surface area contributed by atoms with E-state index < -0.39 is 26.3 Å². The number of thiazole rings is 1. The van der Waals surface area contributed by atoms with Gasteiger partial charge in [0.1, 0.15) is 22.4 Å². The number of fused-ring (bicyclic) bond motifs is 1.